The second-order valence-corrected chi connectivity index (χ2v) is 5.58. The molecule has 0 fully saturated rings. The van der Waals surface area contributed by atoms with Crippen LogP contribution in [0.1, 0.15) is 10.4 Å². The summed E-state index contributed by atoms with van der Waals surface area (Å²) in [5, 5.41) is 10.2. The Kier molecular flexibility index (Phi) is 4.40. The number of carboxylic acids is 1. The molecule has 0 saturated carbocycles. The summed E-state index contributed by atoms with van der Waals surface area (Å²) < 4.78 is 37.0. The Morgan fingerprint density at radius 2 is 1.90 bits per heavy atom. The number of aromatic carboxylic acids is 1. The van der Waals surface area contributed by atoms with Gasteiger partial charge < -0.3 is 10.8 Å². The highest BCUT2D eigenvalue weighted by molar-refractivity contribution is 7.92. The van der Waals surface area contributed by atoms with Crippen LogP contribution in [-0.4, -0.2) is 37.2 Å². The van der Waals surface area contributed by atoms with Crippen LogP contribution in [0, 0.1) is 5.82 Å². The van der Waals surface area contributed by atoms with Gasteiger partial charge in [0.2, 0.25) is 5.91 Å². The van der Waals surface area contributed by atoms with E-state index >= 15 is 0 Å². The summed E-state index contributed by atoms with van der Waals surface area (Å²) in [6.45, 7) is 0. The number of hydrogen-bond donors (Lipinski definition) is 3. The van der Waals surface area contributed by atoms with Crippen molar-refractivity contribution in [1.29, 1.82) is 0 Å². The van der Waals surface area contributed by atoms with Gasteiger partial charge in [0.25, 0.3) is 0 Å². The quantitative estimate of drug-likeness (QED) is 0.683. The van der Waals surface area contributed by atoms with Crippen molar-refractivity contribution in [3.63, 3.8) is 0 Å². The number of sulfone groups is 1. The van der Waals surface area contributed by atoms with Gasteiger partial charge in [0.05, 0.1) is 5.56 Å². The van der Waals surface area contributed by atoms with Gasteiger partial charge in [-0.3, -0.25) is 10.1 Å². The molecule has 0 aliphatic heterocycles. The molecule has 0 spiro atoms. The minimum Gasteiger partial charge on any atom is -0.478 e. The first kappa shape index (κ1) is 15.6. The van der Waals surface area contributed by atoms with Crippen LogP contribution in [0.25, 0.3) is 0 Å². The zero-order valence-electron chi connectivity index (χ0n) is 9.79. The van der Waals surface area contributed by atoms with E-state index < -0.39 is 49.8 Å². The molecule has 8 nitrogen and oxygen atoms in total. The van der Waals surface area contributed by atoms with E-state index in [1.807, 2.05) is 0 Å². The van der Waals surface area contributed by atoms with Gasteiger partial charge in [-0.25, -0.2) is 22.4 Å². The predicted molar refractivity (Wildman–Crippen MR) is 63.1 cm³/mol. The lowest BCUT2D eigenvalue weighted by Gasteiger charge is -2.06. The van der Waals surface area contributed by atoms with E-state index in [1.54, 1.807) is 0 Å². The number of hydrogen-bond acceptors (Lipinski definition) is 5. The lowest BCUT2D eigenvalue weighted by Crippen LogP contribution is -2.38. The number of carbonyl (C=O) groups is 3. The number of nitrogens with one attached hydrogen (secondary N) is 1. The molecule has 3 amide bonds. The number of amides is 3. The van der Waals surface area contributed by atoms with Crippen LogP contribution in [0.4, 0.5) is 9.18 Å². The number of benzene rings is 1. The van der Waals surface area contributed by atoms with Crippen molar-refractivity contribution in [2.75, 3.05) is 5.75 Å². The fourth-order valence-corrected chi connectivity index (χ4v) is 2.54. The summed E-state index contributed by atoms with van der Waals surface area (Å²) in [6.07, 6.45) is 0. The second kappa shape index (κ2) is 5.65. The normalized spacial score (nSPS) is 10.8. The molecule has 10 heteroatoms. The number of carbonyl (C=O) groups excluding carboxylic acids is 2. The summed E-state index contributed by atoms with van der Waals surface area (Å²) in [6, 6.07) is 0.859. The van der Waals surface area contributed by atoms with Crippen LogP contribution in [0.3, 0.4) is 0 Å². The molecule has 20 heavy (non-hydrogen) atoms. The molecule has 0 atom stereocenters. The zero-order valence-corrected chi connectivity index (χ0v) is 10.6. The number of primary amides is 1. The summed E-state index contributed by atoms with van der Waals surface area (Å²) in [5.41, 5.74) is 4.17. The van der Waals surface area contributed by atoms with Gasteiger partial charge in [-0.15, -0.1) is 0 Å². The van der Waals surface area contributed by atoms with Crippen LogP contribution in [0.5, 0.6) is 0 Å². The Labute approximate surface area is 112 Å². The van der Waals surface area contributed by atoms with Crippen molar-refractivity contribution in [2.45, 2.75) is 4.90 Å². The Morgan fingerprint density at radius 1 is 1.30 bits per heavy atom. The van der Waals surface area contributed by atoms with Gasteiger partial charge in [0, 0.05) is 0 Å². The monoisotopic (exact) mass is 304 g/mol. The van der Waals surface area contributed by atoms with Crippen molar-refractivity contribution in [2.24, 2.45) is 5.73 Å². The number of nitrogens with two attached hydrogens (primary N) is 1. The van der Waals surface area contributed by atoms with Crippen molar-refractivity contribution >= 4 is 27.7 Å². The largest absolute Gasteiger partial charge is 0.478 e. The molecule has 108 valence electrons. The summed E-state index contributed by atoms with van der Waals surface area (Å²) in [4.78, 5) is 31.3. The molecule has 1 rings (SSSR count). The molecule has 0 unspecified atom stereocenters. The first-order valence-corrected chi connectivity index (χ1v) is 6.63. The summed E-state index contributed by atoms with van der Waals surface area (Å²) in [7, 11) is -4.45. The second-order valence-electron chi connectivity index (χ2n) is 3.62. The average Bonchev–Trinajstić information content (AvgIpc) is 2.26. The van der Waals surface area contributed by atoms with Gasteiger partial charge >= 0.3 is 12.0 Å². The Hall–Kier alpha value is -2.49. The molecule has 0 aromatic heterocycles. The predicted octanol–water partition coefficient (Wildman–Crippen LogP) is -0.508. The van der Waals surface area contributed by atoms with Gasteiger partial charge in [0.15, 0.2) is 9.84 Å². The summed E-state index contributed by atoms with van der Waals surface area (Å²) in [5.74, 6) is -5.15. The Morgan fingerprint density at radius 3 is 2.40 bits per heavy atom. The maximum atomic E-state index is 13.4. The van der Waals surface area contributed by atoms with Crippen molar-refractivity contribution in [1.82, 2.24) is 5.32 Å². The highest BCUT2D eigenvalue weighted by Crippen LogP contribution is 2.18. The number of carboxylic acid groups (broad SMARTS) is 1. The first-order valence-electron chi connectivity index (χ1n) is 4.98. The van der Waals surface area contributed by atoms with E-state index in [0.29, 0.717) is 12.1 Å². The molecule has 1 aromatic carbocycles. The Bertz CT molecular complexity index is 685. The van der Waals surface area contributed by atoms with E-state index in [1.165, 1.54) is 5.32 Å². The third kappa shape index (κ3) is 3.75. The van der Waals surface area contributed by atoms with E-state index in [0.717, 1.165) is 6.07 Å². The SMILES string of the molecule is NC(=O)NC(=O)CS(=O)(=O)c1cc(C(=O)O)ccc1F. The number of halogens is 1. The van der Waals surface area contributed by atoms with E-state index in [9.17, 15) is 27.2 Å². The smallest absolute Gasteiger partial charge is 0.335 e. The molecule has 0 aliphatic rings. The fraction of sp³-hybridized carbons (Fsp3) is 0.100. The van der Waals surface area contributed by atoms with Crippen molar-refractivity contribution in [3.8, 4) is 0 Å². The molecular formula is C10H9FN2O6S. The first-order chi connectivity index (χ1) is 9.13. The minimum atomic E-state index is -4.45. The van der Waals surface area contributed by atoms with Crippen LogP contribution in [0.15, 0.2) is 23.1 Å². The van der Waals surface area contributed by atoms with Crippen molar-refractivity contribution in [3.05, 3.63) is 29.6 Å². The van der Waals surface area contributed by atoms with Crippen molar-refractivity contribution < 1.29 is 32.3 Å². The van der Waals surface area contributed by atoms with Crippen LogP contribution < -0.4 is 11.1 Å². The van der Waals surface area contributed by atoms with Gasteiger partial charge in [-0.1, -0.05) is 0 Å². The average molecular weight is 304 g/mol. The molecule has 0 radical (unpaired) electrons. The molecule has 0 aliphatic carbocycles. The molecule has 4 N–H and O–H groups in total. The molecule has 0 saturated heterocycles. The zero-order chi connectivity index (χ0) is 15.5. The minimum absolute atomic E-state index is 0.458. The molecular weight excluding hydrogens is 295 g/mol. The summed E-state index contributed by atoms with van der Waals surface area (Å²) >= 11 is 0. The molecule has 0 heterocycles. The number of urea groups is 1. The van der Waals surface area contributed by atoms with Gasteiger partial charge in [0.1, 0.15) is 16.5 Å². The topological polar surface area (TPSA) is 144 Å². The lowest BCUT2D eigenvalue weighted by atomic mass is 10.2. The third-order valence-corrected chi connectivity index (χ3v) is 3.72. The molecule has 1 aromatic rings. The Balaban J connectivity index is 3.15. The van der Waals surface area contributed by atoms with Crippen LogP contribution >= 0.6 is 0 Å². The van der Waals surface area contributed by atoms with Crippen LogP contribution in [-0.2, 0) is 14.6 Å². The van der Waals surface area contributed by atoms with Gasteiger partial charge in [-0.05, 0) is 18.2 Å². The number of imide groups is 1. The van der Waals surface area contributed by atoms with Crippen LogP contribution in [0.2, 0.25) is 0 Å². The standard InChI is InChI=1S/C10H9FN2O6S/c11-6-2-1-5(9(15)16)3-7(6)20(18,19)4-8(14)13-10(12)17/h1-3H,4H2,(H,15,16)(H3,12,13,14,17). The van der Waals surface area contributed by atoms with E-state index in [4.69, 9.17) is 5.11 Å². The molecule has 0 bridgehead atoms. The van der Waals surface area contributed by atoms with E-state index in [-0.39, 0.29) is 0 Å². The third-order valence-electron chi connectivity index (χ3n) is 2.10. The lowest BCUT2D eigenvalue weighted by molar-refractivity contribution is -0.117. The highest BCUT2D eigenvalue weighted by Gasteiger charge is 2.24. The maximum Gasteiger partial charge on any atom is 0.335 e. The van der Waals surface area contributed by atoms with Gasteiger partial charge in [-0.2, -0.15) is 0 Å². The fourth-order valence-electron chi connectivity index (χ4n) is 1.30. The maximum absolute atomic E-state index is 13.4. The van der Waals surface area contributed by atoms with E-state index in [2.05, 4.69) is 5.73 Å². The number of rotatable bonds is 4. The highest BCUT2D eigenvalue weighted by atomic mass is 32.2.